The number of carbonyl (C=O) groups is 1. The molecule has 0 aliphatic carbocycles. The van der Waals surface area contributed by atoms with E-state index in [1.54, 1.807) is 18.3 Å². The van der Waals surface area contributed by atoms with Gasteiger partial charge in [-0.2, -0.15) is 12.6 Å². The fraction of sp³-hybridized carbons (Fsp3) is 0.455. The minimum absolute atomic E-state index is 0.0398. The van der Waals surface area contributed by atoms with Gasteiger partial charge in [-0.25, -0.2) is 4.98 Å². The average Bonchev–Trinajstić information content (AvgIpc) is 2.51. The van der Waals surface area contributed by atoms with E-state index in [9.17, 15) is 4.79 Å². The van der Waals surface area contributed by atoms with Crippen LogP contribution in [-0.4, -0.2) is 15.6 Å². The van der Waals surface area contributed by atoms with Crippen LogP contribution in [0.2, 0.25) is 5.02 Å². The first kappa shape index (κ1) is 22.6. The number of ether oxygens (including phenoxy) is 1. The van der Waals surface area contributed by atoms with Gasteiger partial charge < -0.3 is 10.1 Å². The number of aromatic nitrogens is 1. The number of benzene rings is 1. The standard InChI is InChI=1S/C22H29ClN2O2S/c1-14-9-17(10-15(2)20(14)23)27-19-8-7-16(12-24-19)25-18(26)11-21(3,4)13-22(5,6)28/h7-10,12,28H,11,13H2,1-6H3,(H,25,26). The van der Waals surface area contributed by atoms with Crippen LogP contribution >= 0.6 is 24.2 Å². The van der Waals surface area contributed by atoms with E-state index in [4.69, 9.17) is 16.3 Å². The largest absolute Gasteiger partial charge is 0.439 e. The van der Waals surface area contributed by atoms with Crippen molar-refractivity contribution in [3.63, 3.8) is 0 Å². The molecule has 152 valence electrons. The predicted octanol–water partition coefficient (Wildman–Crippen LogP) is 6.60. The molecule has 0 saturated heterocycles. The smallest absolute Gasteiger partial charge is 0.224 e. The zero-order valence-electron chi connectivity index (χ0n) is 17.4. The van der Waals surface area contributed by atoms with E-state index < -0.39 is 0 Å². The van der Waals surface area contributed by atoms with Crippen molar-refractivity contribution in [3.8, 4) is 11.6 Å². The highest BCUT2D eigenvalue weighted by Crippen LogP contribution is 2.35. The second kappa shape index (κ2) is 8.75. The third-order valence-corrected chi connectivity index (χ3v) is 4.96. The first-order valence-corrected chi connectivity index (χ1v) is 10.1. The van der Waals surface area contributed by atoms with Crippen molar-refractivity contribution in [1.29, 1.82) is 0 Å². The second-order valence-corrected chi connectivity index (χ2v) is 10.3. The normalized spacial score (nSPS) is 12.0. The molecule has 0 saturated carbocycles. The zero-order valence-corrected chi connectivity index (χ0v) is 19.0. The van der Waals surface area contributed by atoms with Crippen molar-refractivity contribution in [2.24, 2.45) is 5.41 Å². The minimum Gasteiger partial charge on any atom is -0.439 e. The molecular weight excluding hydrogens is 392 g/mol. The lowest BCUT2D eigenvalue weighted by Gasteiger charge is -2.31. The van der Waals surface area contributed by atoms with Gasteiger partial charge in [0.1, 0.15) is 5.75 Å². The molecule has 0 radical (unpaired) electrons. The van der Waals surface area contributed by atoms with E-state index >= 15 is 0 Å². The van der Waals surface area contributed by atoms with Crippen molar-refractivity contribution in [2.45, 2.75) is 59.1 Å². The maximum Gasteiger partial charge on any atom is 0.224 e. The molecule has 1 N–H and O–H groups in total. The molecule has 2 aromatic rings. The van der Waals surface area contributed by atoms with Crippen molar-refractivity contribution in [2.75, 3.05) is 5.32 Å². The number of aryl methyl sites for hydroxylation is 2. The Kier molecular flexibility index (Phi) is 7.05. The predicted molar refractivity (Wildman–Crippen MR) is 120 cm³/mol. The molecule has 28 heavy (non-hydrogen) atoms. The summed E-state index contributed by atoms with van der Waals surface area (Å²) in [4.78, 5) is 16.7. The molecule has 1 heterocycles. The fourth-order valence-corrected chi connectivity index (χ4v) is 4.01. The topological polar surface area (TPSA) is 51.2 Å². The Hall–Kier alpha value is -1.72. The number of nitrogens with zero attached hydrogens (tertiary/aromatic N) is 1. The molecule has 0 aliphatic rings. The van der Waals surface area contributed by atoms with Crippen LogP contribution in [0.15, 0.2) is 30.5 Å². The highest BCUT2D eigenvalue weighted by Gasteiger charge is 2.28. The zero-order chi connectivity index (χ0) is 21.1. The maximum absolute atomic E-state index is 12.4. The Balaban J connectivity index is 1.98. The highest BCUT2D eigenvalue weighted by molar-refractivity contribution is 7.81. The number of anilines is 1. The molecule has 0 spiro atoms. The molecule has 1 aromatic heterocycles. The summed E-state index contributed by atoms with van der Waals surface area (Å²) in [6.07, 6.45) is 2.85. The van der Waals surface area contributed by atoms with Crippen molar-refractivity contribution in [3.05, 3.63) is 46.6 Å². The van der Waals surface area contributed by atoms with Crippen LogP contribution in [0, 0.1) is 19.3 Å². The molecule has 0 fully saturated rings. The van der Waals surface area contributed by atoms with Crippen LogP contribution in [0.25, 0.3) is 0 Å². The van der Waals surface area contributed by atoms with E-state index in [0.29, 0.717) is 23.7 Å². The van der Waals surface area contributed by atoms with Gasteiger partial charge in [0.15, 0.2) is 0 Å². The summed E-state index contributed by atoms with van der Waals surface area (Å²) in [6, 6.07) is 7.26. The number of thiol groups is 1. The van der Waals surface area contributed by atoms with Gasteiger partial charge in [0.05, 0.1) is 11.9 Å². The lowest BCUT2D eigenvalue weighted by Crippen LogP contribution is -2.28. The Morgan fingerprint density at radius 1 is 1.18 bits per heavy atom. The quantitative estimate of drug-likeness (QED) is 0.496. The number of halogens is 1. The fourth-order valence-electron chi connectivity index (χ4n) is 3.47. The molecule has 1 aromatic carbocycles. The Labute approximate surface area is 178 Å². The van der Waals surface area contributed by atoms with Crippen molar-refractivity contribution in [1.82, 2.24) is 4.98 Å². The highest BCUT2D eigenvalue weighted by atomic mass is 35.5. The number of carbonyl (C=O) groups excluding carboxylic acids is 1. The van der Waals surface area contributed by atoms with Gasteiger partial charge in [-0.15, -0.1) is 0 Å². The third kappa shape index (κ3) is 7.02. The monoisotopic (exact) mass is 420 g/mol. The van der Waals surface area contributed by atoms with Crippen LogP contribution in [0.3, 0.4) is 0 Å². The summed E-state index contributed by atoms with van der Waals surface area (Å²) in [5.74, 6) is 1.10. The summed E-state index contributed by atoms with van der Waals surface area (Å²) >= 11 is 10.8. The van der Waals surface area contributed by atoms with Crippen LogP contribution < -0.4 is 10.1 Å². The Bertz CT molecular complexity index is 820. The molecule has 2 rings (SSSR count). The van der Waals surface area contributed by atoms with E-state index in [1.807, 2.05) is 26.0 Å². The number of hydrogen-bond acceptors (Lipinski definition) is 4. The lowest BCUT2D eigenvalue weighted by atomic mass is 9.80. The Morgan fingerprint density at radius 3 is 2.29 bits per heavy atom. The van der Waals surface area contributed by atoms with Gasteiger partial charge >= 0.3 is 0 Å². The molecule has 1 amide bonds. The first-order chi connectivity index (χ1) is 12.8. The van der Waals surface area contributed by atoms with Gasteiger partial charge in [-0.3, -0.25) is 4.79 Å². The lowest BCUT2D eigenvalue weighted by molar-refractivity contribution is -0.118. The molecule has 0 atom stereocenters. The summed E-state index contributed by atoms with van der Waals surface area (Å²) in [6.45, 7) is 12.1. The third-order valence-electron chi connectivity index (χ3n) is 4.20. The van der Waals surface area contributed by atoms with Gasteiger partial charge in [0.25, 0.3) is 0 Å². The van der Waals surface area contributed by atoms with Crippen LogP contribution in [0.5, 0.6) is 11.6 Å². The second-order valence-electron chi connectivity index (χ2n) is 8.74. The van der Waals surface area contributed by atoms with Crippen molar-refractivity contribution >= 4 is 35.8 Å². The minimum atomic E-state index is -0.143. The molecule has 4 nitrogen and oxygen atoms in total. The maximum atomic E-state index is 12.4. The van der Waals surface area contributed by atoms with E-state index in [-0.39, 0.29) is 16.1 Å². The molecular formula is C22H29ClN2O2S. The number of amides is 1. The molecule has 0 aliphatic heterocycles. The molecule has 0 unspecified atom stereocenters. The summed E-state index contributed by atoms with van der Waals surface area (Å²) < 4.78 is 5.68. The number of hydrogen-bond donors (Lipinski definition) is 2. The van der Waals surface area contributed by atoms with Crippen molar-refractivity contribution < 1.29 is 9.53 Å². The average molecular weight is 421 g/mol. The van der Waals surface area contributed by atoms with E-state index in [0.717, 1.165) is 22.6 Å². The summed E-state index contributed by atoms with van der Waals surface area (Å²) in [7, 11) is 0. The van der Waals surface area contributed by atoms with E-state index in [2.05, 4.69) is 50.6 Å². The SMILES string of the molecule is Cc1cc(Oc2ccc(NC(=O)CC(C)(C)CC(C)(C)S)cn2)cc(C)c1Cl. The van der Waals surface area contributed by atoms with Crippen LogP contribution in [0.1, 0.15) is 51.7 Å². The van der Waals surface area contributed by atoms with Gasteiger partial charge in [-0.05, 0) is 55.0 Å². The number of rotatable bonds is 7. The van der Waals surface area contributed by atoms with Crippen LogP contribution in [-0.2, 0) is 4.79 Å². The first-order valence-electron chi connectivity index (χ1n) is 9.28. The van der Waals surface area contributed by atoms with Gasteiger partial charge in [0, 0.05) is 22.3 Å². The summed E-state index contributed by atoms with van der Waals surface area (Å²) in [5, 5.41) is 3.64. The number of pyridine rings is 1. The molecule has 0 bridgehead atoms. The molecule has 6 heteroatoms. The van der Waals surface area contributed by atoms with Gasteiger partial charge in [-0.1, -0.05) is 39.3 Å². The van der Waals surface area contributed by atoms with E-state index in [1.165, 1.54) is 0 Å². The summed E-state index contributed by atoms with van der Waals surface area (Å²) in [5.41, 5.74) is 2.40. The Morgan fingerprint density at radius 2 is 1.79 bits per heavy atom. The number of nitrogens with one attached hydrogen (secondary N) is 1. The van der Waals surface area contributed by atoms with Crippen LogP contribution in [0.4, 0.5) is 5.69 Å². The van der Waals surface area contributed by atoms with Gasteiger partial charge in [0.2, 0.25) is 11.8 Å².